The molecule has 0 unspecified atom stereocenters. The summed E-state index contributed by atoms with van der Waals surface area (Å²) < 4.78 is 26.1. The lowest BCUT2D eigenvalue weighted by atomic mass is 9.96. The van der Waals surface area contributed by atoms with Gasteiger partial charge in [-0.2, -0.15) is 5.10 Å². The van der Waals surface area contributed by atoms with E-state index in [-0.39, 0.29) is 11.9 Å². The van der Waals surface area contributed by atoms with Crippen molar-refractivity contribution >= 4 is 5.71 Å². The molecule has 0 saturated heterocycles. The van der Waals surface area contributed by atoms with Crippen LogP contribution >= 0.6 is 0 Å². The Labute approximate surface area is 168 Å². The van der Waals surface area contributed by atoms with E-state index in [1.165, 1.54) is 12.1 Å². The Morgan fingerprint density at radius 3 is 2.86 bits per heavy atom. The molecule has 0 amide bonds. The average molecular weight is 389 g/mol. The molecule has 2 aliphatic heterocycles. The highest BCUT2D eigenvalue weighted by Gasteiger charge is 2.42. The van der Waals surface area contributed by atoms with E-state index in [1.54, 1.807) is 12.3 Å². The van der Waals surface area contributed by atoms with Gasteiger partial charge in [-0.05, 0) is 31.2 Å². The second-order valence-electron chi connectivity index (χ2n) is 7.02. The average Bonchev–Trinajstić information content (AvgIpc) is 3.20. The molecule has 0 N–H and O–H groups in total. The third-order valence-electron chi connectivity index (χ3n) is 5.21. The Bertz CT molecular complexity index is 1070. The van der Waals surface area contributed by atoms with Crippen LogP contribution in [0.5, 0.6) is 11.5 Å². The molecule has 1 aromatic heterocycles. The second kappa shape index (κ2) is 7.20. The third kappa shape index (κ3) is 3.10. The topological polar surface area (TPSA) is 47.0 Å². The van der Waals surface area contributed by atoms with Crippen LogP contribution in [0.1, 0.15) is 42.3 Å². The van der Waals surface area contributed by atoms with E-state index < -0.39 is 6.23 Å². The van der Waals surface area contributed by atoms with Gasteiger partial charge in [0.2, 0.25) is 6.23 Å². The molecule has 146 valence electrons. The molecule has 29 heavy (non-hydrogen) atoms. The van der Waals surface area contributed by atoms with Gasteiger partial charge in [-0.1, -0.05) is 30.3 Å². The number of aromatic nitrogens is 1. The number of hydrazone groups is 1. The van der Waals surface area contributed by atoms with Crippen LogP contribution in [0, 0.1) is 5.82 Å². The molecule has 3 heterocycles. The predicted octanol–water partition coefficient (Wildman–Crippen LogP) is 4.86. The predicted molar refractivity (Wildman–Crippen MR) is 107 cm³/mol. The molecule has 5 nitrogen and oxygen atoms in total. The van der Waals surface area contributed by atoms with Crippen LogP contribution in [0.2, 0.25) is 0 Å². The Morgan fingerprint density at radius 1 is 1.17 bits per heavy atom. The lowest BCUT2D eigenvalue weighted by Gasteiger charge is -2.38. The van der Waals surface area contributed by atoms with Crippen molar-refractivity contribution in [1.82, 2.24) is 9.99 Å². The molecule has 0 radical (unpaired) electrons. The Hall–Kier alpha value is -3.41. The number of hydrogen-bond acceptors (Lipinski definition) is 5. The van der Waals surface area contributed by atoms with Gasteiger partial charge < -0.3 is 9.47 Å². The van der Waals surface area contributed by atoms with E-state index in [4.69, 9.17) is 14.6 Å². The van der Waals surface area contributed by atoms with Crippen molar-refractivity contribution in [1.29, 1.82) is 0 Å². The summed E-state index contributed by atoms with van der Waals surface area (Å²) in [5, 5.41) is 6.79. The second-order valence-corrected chi connectivity index (χ2v) is 7.02. The summed E-state index contributed by atoms with van der Waals surface area (Å²) >= 11 is 0. The Kier molecular flexibility index (Phi) is 4.39. The fourth-order valence-electron chi connectivity index (χ4n) is 3.94. The van der Waals surface area contributed by atoms with Gasteiger partial charge in [-0.3, -0.25) is 4.98 Å². The number of fused-ring (bicyclic) bond motifs is 3. The minimum absolute atomic E-state index is 0.0253. The molecule has 6 heteroatoms. The van der Waals surface area contributed by atoms with Gasteiger partial charge in [-0.25, -0.2) is 9.40 Å². The first-order chi connectivity index (χ1) is 14.2. The maximum absolute atomic E-state index is 14.0. The number of para-hydroxylation sites is 1. The molecule has 2 atom stereocenters. The van der Waals surface area contributed by atoms with E-state index in [2.05, 4.69) is 4.98 Å². The molecule has 5 rings (SSSR count). The molecule has 0 bridgehead atoms. The fraction of sp³-hybridized carbons (Fsp3) is 0.217. The first-order valence-electron chi connectivity index (χ1n) is 9.68. The zero-order chi connectivity index (χ0) is 19.8. The van der Waals surface area contributed by atoms with Crippen molar-refractivity contribution in [2.75, 3.05) is 6.61 Å². The van der Waals surface area contributed by atoms with Crippen molar-refractivity contribution in [3.63, 3.8) is 0 Å². The van der Waals surface area contributed by atoms with Crippen molar-refractivity contribution < 1.29 is 13.9 Å². The number of hydrogen-bond donors (Lipinski definition) is 0. The maximum atomic E-state index is 14.0. The monoisotopic (exact) mass is 389 g/mol. The highest BCUT2D eigenvalue weighted by Crippen LogP contribution is 2.50. The Morgan fingerprint density at radius 2 is 2.07 bits per heavy atom. The smallest absolute Gasteiger partial charge is 0.214 e. The third-order valence-corrected chi connectivity index (χ3v) is 5.21. The number of halogens is 1. The van der Waals surface area contributed by atoms with Gasteiger partial charge in [0.05, 0.1) is 18.4 Å². The Balaban J connectivity index is 1.62. The van der Waals surface area contributed by atoms with Crippen molar-refractivity contribution in [3.05, 3.63) is 89.5 Å². The maximum Gasteiger partial charge on any atom is 0.214 e. The number of pyridine rings is 1. The molecule has 2 aliphatic rings. The number of ether oxygens (including phenoxy) is 2. The van der Waals surface area contributed by atoms with E-state index in [0.717, 1.165) is 16.8 Å². The summed E-state index contributed by atoms with van der Waals surface area (Å²) in [5.41, 5.74) is 3.64. The quantitative estimate of drug-likeness (QED) is 0.639. The zero-order valence-electron chi connectivity index (χ0n) is 16.0. The molecule has 0 fully saturated rings. The molecule has 3 aromatic rings. The first-order valence-corrected chi connectivity index (χ1v) is 9.68. The minimum atomic E-state index is -0.543. The van der Waals surface area contributed by atoms with Gasteiger partial charge in [0, 0.05) is 35.5 Å². The number of nitrogens with zero attached hydrogens (tertiary/aromatic N) is 3. The zero-order valence-corrected chi connectivity index (χ0v) is 16.0. The lowest BCUT2D eigenvalue weighted by Crippen LogP contribution is -2.34. The van der Waals surface area contributed by atoms with E-state index >= 15 is 0 Å². The highest BCUT2D eigenvalue weighted by atomic mass is 19.1. The SMILES string of the molecule is CCOc1cccc2c1O[C@H](c1cccc(F)c1)N1N=C(c3cccnc3)C[C@H]21. The molecular weight excluding hydrogens is 369 g/mol. The van der Waals surface area contributed by atoms with Crippen LogP contribution < -0.4 is 9.47 Å². The van der Waals surface area contributed by atoms with Gasteiger partial charge in [0.15, 0.2) is 11.5 Å². The summed E-state index contributed by atoms with van der Waals surface area (Å²) in [7, 11) is 0. The molecule has 0 spiro atoms. The molecular formula is C23H20FN3O2. The molecule has 0 saturated carbocycles. The standard InChI is InChI=1S/C23H20FN3O2/c1-2-28-21-10-4-9-18-20-13-19(16-7-5-11-25-14-16)26-27(20)23(29-22(18)21)15-6-3-8-17(24)12-15/h3-12,14,20,23H,2,13H2,1H3/t20-,23-/m1/s1. The van der Waals surface area contributed by atoms with Gasteiger partial charge >= 0.3 is 0 Å². The van der Waals surface area contributed by atoms with Crippen LogP contribution in [0.4, 0.5) is 4.39 Å². The number of rotatable bonds is 4. The van der Waals surface area contributed by atoms with Crippen LogP contribution in [0.3, 0.4) is 0 Å². The van der Waals surface area contributed by atoms with Crippen molar-refractivity contribution in [2.24, 2.45) is 5.10 Å². The summed E-state index contributed by atoms with van der Waals surface area (Å²) in [6.45, 7) is 2.48. The summed E-state index contributed by atoms with van der Waals surface area (Å²) in [6.07, 6.45) is 3.73. The van der Waals surface area contributed by atoms with Crippen LogP contribution in [0.15, 0.2) is 72.1 Å². The largest absolute Gasteiger partial charge is 0.490 e. The van der Waals surface area contributed by atoms with E-state index in [9.17, 15) is 4.39 Å². The summed E-state index contributed by atoms with van der Waals surface area (Å²) in [4.78, 5) is 4.22. The van der Waals surface area contributed by atoms with Crippen LogP contribution in [-0.4, -0.2) is 22.3 Å². The summed E-state index contributed by atoms with van der Waals surface area (Å²) in [6, 6.07) is 16.3. The first kappa shape index (κ1) is 17.7. The molecule has 0 aliphatic carbocycles. The normalized spacial score (nSPS) is 19.8. The molecule has 2 aromatic carbocycles. The number of benzene rings is 2. The van der Waals surface area contributed by atoms with E-state index in [0.29, 0.717) is 30.1 Å². The van der Waals surface area contributed by atoms with Gasteiger partial charge in [0.25, 0.3) is 0 Å². The summed E-state index contributed by atoms with van der Waals surface area (Å²) in [5.74, 6) is 1.09. The van der Waals surface area contributed by atoms with Crippen molar-refractivity contribution in [2.45, 2.75) is 25.6 Å². The fourth-order valence-corrected chi connectivity index (χ4v) is 3.94. The van der Waals surface area contributed by atoms with Gasteiger partial charge in [-0.15, -0.1) is 0 Å². The highest BCUT2D eigenvalue weighted by molar-refractivity contribution is 6.01. The van der Waals surface area contributed by atoms with E-state index in [1.807, 2.05) is 54.5 Å². The van der Waals surface area contributed by atoms with Crippen molar-refractivity contribution in [3.8, 4) is 11.5 Å². The van der Waals surface area contributed by atoms with Crippen LogP contribution in [-0.2, 0) is 0 Å². The van der Waals surface area contributed by atoms with Gasteiger partial charge in [0.1, 0.15) is 5.82 Å². The minimum Gasteiger partial charge on any atom is -0.490 e. The van der Waals surface area contributed by atoms with Crippen LogP contribution in [0.25, 0.3) is 0 Å². The lowest BCUT2D eigenvalue weighted by molar-refractivity contribution is -0.0214.